The van der Waals surface area contributed by atoms with Crippen LogP contribution in [0.25, 0.3) is 22.5 Å². The third-order valence-electron chi connectivity index (χ3n) is 5.68. The second-order valence-electron chi connectivity index (χ2n) is 7.82. The van der Waals surface area contributed by atoms with E-state index in [-0.39, 0.29) is 11.9 Å². The molecule has 0 saturated carbocycles. The SMILES string of the molecule is Cn1c2c(c(-c3cccc(NS(=O)c4cccc(F)c4)c3)c1-c1ccnc(N)n1)C(=O)NCC2. The Morgan fingerprint density at radius 1 is 1.15 bits per heavy atom. The fourth-order valence-corrected chi connectivity index (χ4v) is 5.11. The van der Waals surface area contributed by atoms with Crippen LogP contribution in [0.15, 0.2) is 65.7 Å². The molecular weight excluding hydrogens is 455 g/mol. The summed E-state index contributed by atoms with van der Waals surface area (Å²) in [6.07, 6.45) is 2.25. The summed E-state index contributed by atoms with van der Waals surface area (Å²) in [4.78, 5) is 21.6. The monoisotopic (exact) mass is 476 g/mol. The number of nitrogens with zero attached hydrogens (tertiary/aromatic N) is 3. The van der Waals surface area contributed by atoms with Crippen LogP contribution in [0, 0.1) is 5.82 Å². The number of nitrogens with two attached hydrogens (primary N) is 1. The lowest BCUT2D eigenvalue weighted by Crippen LogP contribution is -2.32. The van der Waals surface area contributed by atoms with E-state index in [0.29, 0.717) is 40.4 Å². The Hall–Kier alpha value is -4.05. The highest BCUT2D eigenvalue weighted by Gasteiger charge is 2.30. The van der Waals surface area contributed by atoms with Gasteiger partial charge in [0.05, 0.1) is 21.8 Å². The number of halogens is 1. The summed E-state index contributed by atoms with van der Waals surface area (Å²) in [5.41, 5.74) is 10.6. The van der Waals surface area contributed by atoms with Crippen molar-refractivity contribution in [2.75, 3.05) is 17.0 Å². The first-order valence-corrected chi connectivity index (χ1v) is 11.7. The Labute approximate surface area is 197 Å². The van der Waals surface area contributed by atoms with Gasteiger partial charge in [0.25, 0.3) is 5.91 Å². The van der Waals surface area contributed by atoms with Crippen molar-refractivity contribution in [3.8, 4) is 22.5 Å². The van der Waals surface area contributed by atoms with Gasteiger partial charge in [-0.3, -0.25) is 4.79 Å². The summed E-state index contributed by atoms with van der Waals surface area (Å²) in [7, 11) is 0.229. The van der Waals surface area contributed by atoms with Gasteiger partial charge < -0.3 is 20.3 Å². The van der Waals surface area contributed by atoms with Crippen LogP contribution in [0.2, 0.25) is 0 Å². The van der Waals surface area contributed by atoms with Crippen molar-refractivity contribution in [1.82, 2.24) is 19.9 Å². The summed E-state index contributed by atoms with van der Waals surface area (Å²) < 4.78 is 31.2. The van der Waals surface area contributed by atoms with Crippen LogP contribution in [-0.4, -0.2) is 31.2 Å². The summed E-state index contributed by atoms with van der Waals surface area (Å²) in [5, 5.41) is 2.92. The molecule has 4 N–H and O–H groups in total. The van der Waals surface area contributed by atoms with E-state index >= 15 is 0 Å². The molecule has 0 saturated heterocycles. The van der Waals surface area contributed by atoms with Crippen molar-refractivity contribution in [2.45, 2.75) is 11.3 Å². The predicted octanol–water partition coefficient (Wildman–Crippen LogP) is 3.29. The number of hydrogen-bond donors (Lipinski definition) is 3. The Morgan fingerprint density at radius 2 is 1.97 bits per heavy atom. The average molecular weight is 477 g/mol. The quantitative estimate of drug-likeness (QED) is 0.409. The maximum atomic E-state index is 13.6. The van der Waals surface area contributed by atoms with E-state index in [9.17, 15) is 13.4 Å². The molecule has 4 aromatic rings. The van der Waals surface area contributed by atoms with E-state index in [0.717, 1.165) is 17.0 Å². The highest BCUT2D eigenvalue weighted by molar-refractivity contribution is 7.86. The number of hydrogen-bond acceptors (Lipinski definition) is 5. The zero-order chi connectivity index (χ0) is 23.8. The molecule has 10 heteroatoms. The van der Waals surface area contributed by atoms with Crippen LogP contribution in [0.5, 0.6) is 0 Å². The molecule has 8 nitrogen and oxygen atoms in total. The van der Waals surface area contributed by atoms with Gasteiger partial charge in [-0.25, -0.2) is 18.6 Å². The Kier molecular flexibility index (Phi) is 5.58. The van der Waals surface area contributed by atoms with Crippen molar-refractivity contribution in [3.05, 3.63) is 77.9 Å². The Morgan fingerprint density at radius 3 is 2.76 bits per heavy atom. The molecule has 2 aromatic carbocycles. The number of carbonyl (C=O) groups excluding carboxylic acids is 1. The lowest BCUT2D eigenvalue weighted by molar-refractivity contribution is 0.0946. The fraction of sp³-hybridized carbons (Fsp3) is 0.125. The third-order valence-corrected chi connectivity index (χ3v) is 6.78. The molecule has 1 unspecified atom stereocenters. The van der Waals surface area contributed by atoms with Crippen LogP contribution >= 0.6 is 0 Å². The number of carbonyl (C=O) groups is 1. The minimum atomic E-state index is -1.67. The molecular formula is C24H21FN6O2S. The molecule has 172 valence electrons. The first-order valence-electron chi connectivity index (χ1n) is 10.6. The molecule has 1 aliphatic heterocycles. The largest absolute Gasteiger partial charge is 0.368 e. The Bertz CT molecular complexity index is 1450. The zero-order valence-corrected chi connectivity index (χ0v) is 19.0. The zero-order valence-electron chi connectivity index (χ0n) is 18.2. The van der Waals surface area contributed by atoms with Crippen molar-refractivity contribution < 1.29 is 13.4 Å². The van der Waals surface area contributed by atoms with Crippen molar-refractivity contribution in [3.63, 3.8) is 0 Å². The minimum absolute atomic E-state index is 0.132. The number of fused-ring (bicyclic) bond motifs is 1. The maximum Gasteiger partial charge on any atom is 0.253 e. The normalized spacial score (nSPS) is 13.8. The second-order valence-corrected chi connectivity index (χ2v) is 9.03. The topological polar surface area (TPSA) is 115 Å². The van der Waals surface area contributed by atoms with Gasteiger partial charge in [0.2, 0.25) is 5.95 Å². The van der Waals surface area contributed by atoms with E-state index in [2.05, 4.69) is 20.0 Å². The maximum absolute atomic E-state index is 13.6. The predicted molar refractivity (Wildman–Crippen MR) is 129 cm³/mol. The highest BCUT2D eigenvalue weighted by atomic mass is 32.2. The van der Waals surface area contributed by atoms with Gasteiger partial charge in [-0.15, -0.1) is 0 Å². The first-order chi connectivity index (χ1) is 16.4. The van der Waals surface area contributed by atoms with Gasteiger partial charge >= 0.3 is 0 Å². The van der Waals surface area contributed by atoms with Crippen molar-refractivity contribution in [1.29, 1.82) is 0 Å². The summed E-state index contributed by atoms with van der Waals surface area (Å²) >= 11 is 0. The fourth-order valence-electron chi connectivity index (χ4n) is 4.23. The molecule has 5 rings (SSSR count). The van der Waals surface area contributed by atoms with Gasteiger partial charge in [-0.2, -0.15) is 0 Å². The molecule has 3 heterocycles. The molecule has 0 radical (unpaired) electrons. The number of benzene rings is 2. The number of amides is 1. The Balaban J connectivity index is 1.63. The van der Waals surface area contributed by atoms with Crippen molar-refractivity contribution >= 4 is 28.5 Å². The van der Waals surface area contributed by atoms with Crippen LogP contribution < -0.4 is 15.8 Å². The molecule has 0 spiro atoms. The van der Waals surface area contributed by atoms with Crippen LogP contribution in [0.4, 0.5) is 16.0 Å². The van der Waals surface area contributed by atoms with Gasteiger partial charge in [0.1, 0.15) is 16.8 Å². The number of anilines is 2. The second kappa shape index (κ2) is 8.71. The van der Waals surface area contributed by atoms with Gasteiger partial charge in [0, 0.05) is 43.2 Å². The van der Waals surface area contributed by atoms with Crippen LogP contribution in [0.3, 0.4) is 0 Å². The molecule has 34 heavy (non-hydrogen) atoms. The first kappa shape index (κ1) is 21.8. The number of aromatic nitrogens is 3. The summed E-state index contributed by atoms with van der Waals surface area (Å²) in [6, 6.07) is 14.6. The third kappa shape index (κ3) is 3.92. The lowest BCUT2D eigenvalue weighted by atomic mass is 9.96. The summed E-state index contributed by atoms with van der Waals surface area (Å²) in [6.45, 7) is 0.544. The molecule has 0 aliphatic carbocycles. The standard InChI is InChI=1S/C24H21FN6O2S/c1-31-19-9-11-27-23(32)21(19)20(22(31)18-8-10-28-24(26)29-18)14-4-2-6-16(12-14)30-34(33)17-7-3-5-15(25)13-17/h2-8,10,12-13,30H,9,11H2,1H3,(H,27,32)(H2,26,28,29). The average Bonchev–Trinajstić information content (AvgIpc) is 3.13. The minimum Gasteiger partial charge on any atom is -0.368 e. The number of rotatable bonds is 5. The van der Waals surface area contributed by atoms with E-state index in [1.54, 1.807) is 30.5 Å². The van der Waals surface area contributed by atoms with Crippen LogP contribution in [-0.2, 0) is 24.5 Å². The molecule has 0 fully saturated rings. The van der Waals surface area contributed by atoms with Crippen LogP contribution in [0.1, 0.15) is 16.1 Å². The van der Waals surface area contributed by atoms with E-state index in [1.807, 2.05) is 23.7 Å². The number of nitrogen functional groups attached to an aromatic ring is 1. The van der Waals surface area contributed by atoms with E-state index in [1.165, 1.54) is 18.2 Å². The van der Waals surface area contributed by atoms with Crippen molar-refractivity contribution in [2.24, 2.45) is 7.05 Å². The molecule has 1 atom stereocenters. The lowest BCUT2D eigenvalue weighted by Gasteiger charge is -2.15. The van der Waals surface area contributed by atoms with Gasteiger partial charge in [-0.05, 0) is 42.0 Å². The molecule has 0 bridgehead atoms. The van der Waals surface area contributed by atoms with Gasteiger partial charge in [0.15, 0.2) is 0 Å². The smallest absolute Gasteiger partial charge is 0.253 e. The molecule has 1 amide bonds. The summed E-state index contributed by atoms with van der Waals surface area (Å²) in [5.74, 6) is -0.494. The number of nitrogens with one attached hydrogen (secondary N) is 2. The van der Waals surface area contributed by atoms with E-state index < -0.39 is 16.8 Å². The highest BCUT2D eigenvalue weighted by Crippen LogP contribution is 2.40. The molecule has 1 aliphatic rings. The van der Waals surface area contributed by atoms with Gasteiger partial charge in [-0.1, -0.05) is 18.2 Å². The van der Waals surface area contributed by atoms with E-state index in [4.69, 9.17) is 5.73 Å². The molecule has 2 aromatic heterocycles.